The topological polar surface area (TPSA) is 49.8 Å². The third kappa shape index (κ3) is 3.00. The number of halogens is 2. The Labute approximate surface area is 87.3 Å². The Morgan fingerprint density at radius 2 is 1.87 bits per heavy atom. The van der Waals surface area contributed by atoms with Crippen molar-refractivity contribution in [3.05, 3.63) is 35.4 Å². The van der Waals surface area contributed by atoms with Crippen molar-refractivity contribution < 1.29 is 8.78 Å². The van der Waals surface area contributed by atoms with Gasteiger partial charge in [0.05, 0.1) is 6.07 Å². The van der Waals surface area contributed by atoms with E-state index in [-0.39, 0.29) is 5.56 Å². The maximum atomic E-state index is 13.2. The SMILES string of the molecule is N#CCC(F)(F)c1ccc(CCN)cc1. The van der Waals surface area contributed by atoms with Crippen LogP contribution in [0.25, 0.3) is 0 Å². The van der Waals surface area contributed by atoms with Gasteiger partial charge in [0, 0.05) is 5.56 Å². The summed E-state index contributed by atoms with van der Waals surface area (Å²) in [6.45, 7) is 0.494. The Morgan fingerprint density at radius 1 is 1.27 bits per heavy atom. The molecule has 0 spiro atoms. The lowest BCUT2D eigenvalue weighted by atomic mass is 10.0. The maximum absolute atomic E-state index is 13.2. The molecule has 1 aromatic rings. The van der Waals surface area contributed by atoms with E-state index < -0.39 is 12.3 Å². The van der Waals surface area contributed by atoms with Crippen molar-refractivity contribution in [3.63, 3.8) is 0 Å². The normalized spacial score (nSPS) is 11.1. The third-order valence-corrected chi connectivity index (χ3v) is 2.11. The summed E-state index contributed by atoms with van der Waals surface area (Å²) in [7, 11) is 0. The molecule has 0 saturated carbocycles. The zero-order valence-electron chi connectivity index (χ0n) is 8.21. The fourth-order valence-electron chi connectivity index (χ4n) is 1.28. The Balaban J connectivity index is 2.84. The van der Waals surface area contributed by atoms with Crippen LogP contribution in [-0.4, -0.2) is 6.54 Å². The van der Waals surface area contributed by atoms with E-state index in [2.05, 4.69) is 0 Å². The summed E-state index contributed by atoms with van der Waals surface area (Å²) < 4.78 is 26.5. The van der Waals surface area contributed by atoms with E-state index in [4.69, 9.17) is 11.0 Å². The number of hydrogen-bond donors (Lipinski definition) is 1. The van der Waals surface area contributed by atoms with Crippen LogP contribution in [0, 0.1) is 11.3 Å². The molecule has 0 aliphatic rings. The van der Waals surface area contributed by atoms with Crippen LogP contribution >= 0.6 is 0 Å². The second kappa shape index (κ2) is 4.85. The Hall–Kier alpha value is -1.47. The molecule has 0 bridgehead atoms. The van der Waals surface area contributed by atoms with Gasteiger partial charge >= 0.3 is 0 Å². The van der Waals surface area contributed by atoms with Gasteiger partial charge in [-0.3, -0.25) is 0 Å². The Morgan fingerprint density at radius 3 is 2.33 bits per heavy atom. The van der Waals surface area contributed by atoms with Crippen molar-refractivity contribution in [2.75, 3.05) is 6.54 Å². The standard InChI is InChI=1S/C11H12F2N2/c12-11(13,6-8-15)10-3-1-9(2-4-10)5-7-14/h1-4H,5-7,14H2. The molecule has 0 saturated heterocycles. The molecular weight excluding hydrogens is 198 g/mol. The quantitative estimate of drug-likeness (QED) is 0.828. The molecule has 0 unspecified atom stereocenters. The van der Waals surface area contributed by atoms with E-state index in [0.717, 1.165) is 5.56 Å². The summed E-state index contributed by atoms with van der Waals surface area (Å²) in [5.74, 6) is -3.06. The minimum Gasteiger partial charge on any atom is -0.330 e. The molecule has 80 valence electrons. The second-order valence-electron chi connectivity index (χ2n) is 3.27. The fraction of sp³-hybridized carbons (Fsp3) is 0.364. The molecule has 2 N–H and O–H groups in total. The molecule has 0 amide bonds. The van der Waals surface area contributed by atoms with E-state index >= 15 is 0 Å². The van der Waals surface area contributed by atoms with Gasteiger partial charge in [-0.05, 0) is 18.5 Å². The van der Waals surface area contributed by atoms with E-state index in [1.807, 2.05) is 0 Å². The summed E-state index contributed by atoms with van der Waals surface area (Å²) in [6.07, 6.45) is -0.118. The minimum absolute atomic E-state index is 0.121. The first kappa shape index (κ1) is 11.6. The lowest BCUT2D eigenvalue weighted by molar-refractivity contribution is 0.000938. The van der Waals surface area contributed by atoms with E-state index in [1.54, 1.807) is 12.1 Å². The Bertz CT molecular complexity index is 352. The Kier molecular flexibility index (Phi) is 3.75. The molecule has 0 radical (unpaired) electrons. The molecule has 1 rings (SSSR count). The molecule has 0 fully saturated rings. The highest BCUT2D eigenvalue weighted by Gasteiger charge is 2.30. The molecule has 0 heterocycles. The number of nitriles is 1. The van der Waals surface area contributed by atoms with Crippen molar-refractivity contribution >= 4 is 0 Å². The number of hydrogen-bond acceptors (Lipinski definition) is 2. The largest absolute Gasteiger partial charge is 0.330 e. The average Bonchev–Trinajstić information content (AvgIpc) is 2.19. The highest BCUT2D eigenvalue weighted by molar-refractivity contribution is 5.26. The predicted molar refractivity (Wildman–Crippen MR) is 53.3 cm³/mol. The van der Waals surface area contributed by atoms with Gasteiger partial charge in [-0.2, -0.15) is 5.26 Å². The number of benzene rings is 1. The number of alkyl halides is 2. The average molecular weight is 210 g/mol. The lowest BCUT2D eigenvalue weighted by Gasteiger charge is -2.13. The van der Waals surface area contributed by atoms with Gasteiger partial charge in [0.25, 0.3) is 5.92 Å². The first-order valence-corrected chi connectivity index (χ1v) is 4.64. The van der Waals surface area contributed by atoms with Gasteiger partial charge in [-0.1, -0.05) is 24.3 Å². The molecule has 4 heteroatoms. The first-order valence-electron chi connectivity index (χ1n) is 4.64. The number of nitrogens with two attached hydrogens (primary N) is 1. The van der Waals surface area contributed by atoms with Crippen LogP contribution in [0.5, 0.6) is 0 Å². The van der Waals surface area contributed by atoms with Gasteiger partial charge in [0.1, 0.15) is 6.42 Å². The number of rotatable bonds is 4. The van der Waals surface area contributed by atoms with Gasteiger partial charge in [0.2, 0.25) is 0 Å². The van der Waals surface area contributed by atoms with Gasteiger partial charge < -0.3 is 5.73 Å². The fourth-order valence-corrected chi connectivity index (χ4v) is 1.28. The summed E-state index contributed by atoms with van der Waals surface area (Å²) in [5.41, 5.74) is 6.15. The van der Waals surface area contributed by atoms with E-state index in [1.165, 1.54) is 18.2 Å². The first-order chi connectivity index (χ1) is 7.10. The summed E-state index contributed by atoms with van der Waals surface area (Å²) in [6, 6.07) is 7.41. The molecule has 0 atom stereocenters. The third-order valence-electron chi connectivity index (χ3n) is 2.11. The van der Waals surface area contributed by atoms with Crippen LogP contribution < -0.4 is 5.73 Å². The summed E-state index contributed by atoms with van der Waals surface area (Å²) in [4.78, 5) is 0. The lowest BCUT2D eigenvalue weighted by Crippen LogP contribution is -2.12. The smallest absolute Gasteiger partial charge is 0.286 e. The van der Waals surface area contributed by atoms with Crippen LogP contribution in [0.3, 0.4) is 0 Å². The maximum Gasteiger partial charge on any atom is 0.286 e. The van der Waals surface area contributed by atoms with E-state index in [0.29, 0.717) is 13.0 Å². The molecule has 0 aromatic heterocycles. The molecular formula is C11H12F2N2. The zero-order chi connectivity index (χ0) is 11.3. The number of nitrogens with zero attached hydrogens (tertiary/aromatic N) is 1. The van der Waals surface area contributed by atoms with Crippen LogP contribution in [0.15, 0.2) is 24.3 Å². The molecule has 0 aliphatic carbocycles. The van der Waals surface area contributed by atoms with Gasteiger partial charge in [0.15, 0.2) is 0 Å². The molecule has 0 aliphatic heterocycles. The molecule has 15 heavy (non-hydrogen) atoms. The van der Waals surface area contributed by atoms with Crippen LogP contribution in [0.4, 0.5) is 8.78 Å². The molecule has 2 nitrogen and oxygen atoms in total. The molecule has 1 aromatic carbocycles. The second-order valence-corrected chi connectivity index (χ2v) is 3.27. The van der Waals surface area contributed by atoms with Crippen molar-refractivity contribution in [1.82, 2.24) is 0 Å². The minimum atomic E-state index is -3.06. The summed E-state index contributed by atoms with van der Waals surface area (Å²) in [5, 5.41) is 8.26. The van der Waals surface area contributed by atoms with Gasteiger partial charge in [-0.15, -0.1) is 0 Å². The summed E-state index contributed by atoms with van der Waals surface area (Å²) >= 11 is 0. The van der Waals surface area contributed by atoms with Crippen LogP contribution in [0.1, 0.15) is 17.5 Å². The van der Waals surface area contributed by atoms with E-state index in [9.17, 15) is 8.78 Å². The van der Waals surface area contributed by atoms with Gasteiger partial charge in [-0.25, -0.2) is 8.78 Å². The zero-order valence-corrected chi connectivity index (χ0v) is 8.21. The predicted octanol–water partition coefficient (Wildman–Crippen LogP) is 2.19. The van der Waals surface area contributed by atoms with Crippen molar-refractivity contribution in [3.8, 4) is 6.07 Å². The highest BCUT2D eigenvalue weighted by atomic mass is 19.3. The van der Waals surface area contributed by atoms with Crippen molar-refractivity contribution in [2.45, 2.75) is 18.8 Å². The van der Waals surface area contributed by atoms with Crippen LogP contribution in [0.2, 0.25) is 0 Å². The van der Waals surface area contributed by atoms with Crippen molar-refractivity contribution in [1.29, 1.82) is 5.26 Å². The highest BCUT2D eigenvalue weighted by Crippen LogP contribution is 2.31. The van der Waals surface area contributed by atoms with Crippen molar-refractivity contribution in [2.24, 2.45) is 5.73 Å². The van der Waals surface area contributed by atoms with Crippen LogP contribution in [-0.2, 0) is 12.3 Å². The monoisotopic (exact) mass is 210 g/mol.